The highest BCUT2D eigenvalue weighted by molar-refractivity contribution is 5.98. The van der Waals surface area contributed by atoms with Gasteiger partial charge >= 0.3 is 5.97 Å². The first-order chi connectivity index (χ1) is 18.8. The fourth-order valence-corrected chi connectivity index (χ4v) is 3.52. The molecule has 0 bridgehead atoms. The SMILES string of the molecule is CCCOC(=O)c1c(C#Cc2ccc(OC)c(OC)c2)c(O)c(O)c(O)c1C#Cc1ccc(OC)c(OC)c1. The van der Waals surface area contributed by atoms with Crippen molar-refractivity contribution in [3.05, 3.63) is 64.2 Å². The molecule has 0 spiro atoms. The Morgan fingerprint density at radius 1 is 0.667 bits per heavy atom. The normalized spacial score (nSPS) is 9.87. The number of phenolic OH excluding ortho intramolecular Hbond substituents is 3. The summed E-state index contributed by atoms with van der Waals surface area (Å²) in [6.07, 6.45) is 0.529. The van der Waals surface area contributed by atoms with E-state index in [1.54, 1.807) is 36.4 Å². The van der Waals surface area contributed by atoms with Gasteiger partial charge in [-0.1, -0.05) is 30.6 Å². The number of methoxy groups -OCH3 is 4. The number of rotatable bonds is 7. The van der Waals surface area contributed by atoms with Crippen molar-refractivity contribution < 1.29 is 43.8 Å². The number of carbonyl (C=O) groups is 1. The average Bonchev–Trinajstić information content (AvgIpc) is 2.96. The number of carbonyl (C=O) groups excluding carboxylic acids is 1. The van der Waals surface area contributed by atoms with E-state index in [0.717, 1.165) is 0 Å². The molecule has 0 aliphatic carbocycles. The molecule has 0 saturated carbocycles. The van der Waals surface area contributed by atoms with Gasteiger partial charge in [0.25, 0.3) is 0 Å². The molecule has 9 heteroatoms. The Bertz CT molecular complexity index is 1400. The van der Waals surface area contributed by atoms with E-state index in [0.29, 0.717) is 40.5 Å². The maximum absolute atomic E-state index is 13.1. The Kier molecular flexibility index (Phi) is 9.39. The molecule has 3 N–H and O–H groups in total. The van der Waals surface area contributed by atoms with Crippen LogP contribution in [0.1, 0.15) is 46.0 Å². The van der Waals surface area contributed by atoms with E-state index in [2.05, 4.69) is 23.7 Å². The molecular formula is C30H28O9. The number of phenols is 3. The second kappa shape index (κ2) is 12.9. The van der Waals surface area contributed by atoms with Crippen LogP contribution in [0, 0.1) is 23.7 Å². The van der Waals surface area contributed by atoms with Crippen LogP contribution in [0.15, 0.2) is 36.4 Å². The summed E-state index contributed by atoms with van der Waals surface area (Å²) >= 11 is 0. The van der Waals surface area contributed by atoms with Crippen molar-refractivity contribution in [2.45, 2.75) is 13.3 Å². The van der Waals surface area contributed by atoms with E-state index < -0.39 is 23.2 Å². The third-order valence-corrected chi connectivity index (χ3v) is 5.49. The second-order valence-electron chi connectivity index (χ2n) is 7.95. The third kappa shape index (κ3) is 6.23. The summed E-state index contributed by atoms with van der Waals surface area (Å²) in [7, 11) is 5.95. The first kappa shape index (κ1) is 28.4. The van der Waals surface area contributed by atoms with Crippen molar-refractivity contribution in [3.63, 3.8) is 0 Å². The van der Waals surface area contributed by atoms with Gasteiger partial charge in [0.2, 0.25) is 5.75 Å². The van der Waals surface area contributed by atoms with Crippen LogP contribution in [0.2, 0.25) is 0 Å². The quantitative estimate of drug-likeness (QED) is 0.233. The highest BCUT2D eigenvalue weighted by Crippen LogP contribution is 2.43. The van der Waals surface area contributed by atoms with Gasteiger partial charge < -0.3 is 39.0 Å². The summed E-state index contributed by atoms with van der Waals surface area (Å²) in [5.41, 5.74) is 0.101. The van der Waals surface area contributed by atoms with Gasteiger partial charge in [-0.15, -0.1) is 0 Å². The van der Waals surface area contributed by atoms with E-state index in [1.807, 2.05) is 6.92 Å². The van der Waals surface area contributed by atoms with Crippen molar-refractivity contribution in [1.82, 2.24) is 0 Å². The lowest BCUT2D eigenvalue weighted by Gasteiger charge is -2.13. The number of ether oxygens (including phenoxy) is 5. The first-order valence-electron chi connectivity index (χ1n) is 11.8. The molecule has 0 fully saturated rings. The maximum Gasteiger partial charge on any atom is 0.340 e. The van der Waals surface area contributed by atoms with Gasteiger partial charge in [-0.05, 0) is 42.8 Å². The Hall–Kier alpha value is -5.15. The Labute approximate surface area is 226 Å². The number of aromatic hydroxyl groups is 3. The molecule has 3 aromatic carbocycles. The molecule has 0 heterocycles. The van der Waals surface area contributed by atoms with E-state index in [9.17, 15) is 20.1 Å². The summed E-state index contributed by atoms with van der Waals surface area (Å²) in [6.45, 7) is 1.89. The summed E-state index contributed by atoms with van der Waals surface area (Å²) in [5, 5.41) is 31.9. The van der Waals surface area contributed by atoms with E-state index >= 15 is 0 Å². The van der Waals surface area contributed by atoms with Crippen molar-refractivity contribution in [2.24, 2.45) is 0 Å². The molecule has 3 aromatic rings. The van der Waals surface area contributed by atoms with Crippen LogP contribution in [-0.2, 0) is 4.74 Å². The topological polar surface area (TPSA) is 124 Å². The molecule has 0 aliphatic rings. The predicted octanol–water partition coefficient (Wildman–Crippen LogP) is 4.20. The molecule has 202 valence electrons. The largest absolute Gasteiger partial charge is 0.503 e. The van der Waals surface area contributed by atoms with Gasteiger partial charge in [-0.3, -0.25) is 0 Å². The predicted molar refractivity (Wildman–Crippen MR) is 143 cm³/mol. The Balaban J connectivity index is 2.23. The van der Waals surface area contributed by atoms with Crippen LogP contribution >= 0.6 is 0 Å². The Morgan fingerprint density at radius 3 is 1.49 bits per heavy atom. The van der Waals surface area contributed by atoms with Crippen LogP contribution < -0.4 is 18.9 Å². The summed E-state index contributed by atoms with van der Waals surface area (Å²) in [5.74, 6) is 9.57. The lowest BCUT2D eigenvalue weighted by Crippen LogP contribution is -2.11. The van der Waals surface area contributed by atoms with E-state index in [1.165, 1.54) is 28.4 Å². The van der Waals surface area contributed by atoms with Gasteiger partial charge in [-0.2, -0.15) is 0 Å². The Morgan fingerprint density at radius 2 is 1.10 bits per heavy atom. The molecule has 0 unspecified atom stereocenters. The van der Waals surface area contributed by atoms with Crippen LogP contribution in [0.25, 0.3) is 0 Å². The zero-order valence-corrected chi connectivity index (χ0v) is 22.2. The molecule has 0 amide bonds. The highest BCUT2D eigenvalue weighted by Gasteiger charge is 2.27. The first-order valence-corrected chi connectivity index (χ1v) is 11.8. The number of esters is 1. The van der Waals surface area contributed by atoms with Gasteiger partial charge in [-0.25, -0.2) is 4.79 Å². The van der Waals surface area contributed by atoms with Crippen molar-refractivity contribution in [3.8, 4) is 63.9 Å². The minimum absolute atomic E-state index is 0.0757. The molecule has 0 radical (unpaired) electrons. The van der Waals surface area contributed by atoms with Crippen molar-refractivity contribution >= 4 is 5.97 Å². The van der Waals surface area contributed by atoms with Crippen LogP contribution in [0.5, 0.6) is 40.2 Å². The van der Waals surface area contributed by atoms with Gasteiger partial charge in [0.1, 0.15) is 0 Å². The highest BCUT2D eigenvalue weighted by atomic mass is 16.5. The van der Waals surface area contributed by atoms with Gasteiger partial charge in [0.15, 0.2) is 34.5 Å². The molecule has 9 nitrogen and oxygen atoms in total. The second-order valence-corrected chi connectivity index (χ2v) is 7.95. The number of hydrogen-bond donors (Lipinski definition) is 3. The van der Waals surface area contributed by atoms with Gasteiger partial charge in [0.05, 0.1) is 51.7 Å². The minimum atomic E-state index is -0.879. The molecule has 0 atom stereocenters. The summed E-state index contributed by atoms with van der Waals surface area (Å²) in [6, 6.07) is 9.81. The van der Waals surface area contributed by atoms with Crippen LogP contribution in [-0.4, -0.2) is 56.3 Å². The molecule has 0 aromatic heterocycles. The molecule has 0 aliphatic heterocycles. The van der Waals surface area contributed by atoms with Gasteiger partial charge in [0, 0.05) is 11.1 Å². The van der Waals surface area contributed by atoms with E-state index in [4.69, 9.17) is 23.7 Å². The zero-order chi connectivity index (χ0) is 28.5. The van der Waals surface area contributed by atoms with Crippen LogP contribution in [0.4, 0.5) is 0 Å². The summed E-state index contributed by atoms with van der Waals surface area (Å²) in [4.78, 5) is 13.1. The van der Waals surface area contributed by atoms with Crippen LogP contribution in [0.3, 0.4) is 0 Å². The third-order valence-electron chi connectivity index (χ3n) is 5.49. The fourth-order valence-electron chi connectivity index (χ4n) is 3.52. The fraction of sp³-hybridized carbons (Fsp3) is 0.233. The van der Waals surface area contributed by atoms with Crippen molar-refractivity contribution in [1.29, 1.82) is 0 Å². The zero-order valence-electron chi connectivity index (χ0n) is 22.2. The number of hydrogen-bond acceptors (Lipinski definition) is 9. The maximum atomic E-state index is 13.1. The number of benzene rings is 3. The monoisotopic (exact) mass is 532 g/mol. The molecule has 39 heavy (non-hydrogen) atoms. The molecular weight excluding hydrogens is 504 g/mol. The van der Waals surface area contributed by atoms with Crippen molar-refractivity contribution in [2.75, 3.05) is 35.0 Å². The minimum Gasteiger partial charge on any atom is -0.503 e. The summed E-state index contributed by atoms with van der Waals surface area (Å²) < 4.78 is 26.3. The van der Waals surface area contributed by atoms with E-state index in [-0.39, 0.29) is 23.3 Å². The lowest BCUT2D eigenvalue weighted by atomic mass is 9.97. The molecule has 3 rings (SSSR count). The smallest absolute Gasteiger partial charge is 0.340 e. The molecule has 0 saturated heterocycles. The average molecular weight is 533 g/mol. The lowest BCUT2D eigenvalue weighted by molar-refractivity contribution is 0.0503. The standard InChI is InChI=1S/C30H28O9/c1-6-15-39-30(34)26-20(11-7-18-9-13-22(35-2)24(16-18)37-4)27(31)29(33)28(32)21(26)12-8-19-10-14-23(36-3)25(17-19)38-5/h9-10,13-14,16-17,31-33H,6,15H2,1-5H3.